The minimum atomic E-state index is -1.67. The Kier molecular flexibility index (Phi) is 4.57. The van der Waals surface area contributed by atoms with Gasteiger partial charge in [-0.2, -0.15) is 0 Å². The number of nitrogens with zero attached hydrogens (tertiary/aromatic N) is 1. The molecule has 3 atom stereocenters. The molecule has 0 aromatic heterocycles. The summed E-state index contributed by atoms with van der Waals surface area (Å²) < 4.78 is 5.37. The largest absolute Gasteiger partial charge is 0.497 e. The van der Waals surface area contributed by atoms with Gasteiger partial charge in [-0.1, -0.05) is 48.0 Å². The number of carbonyl (C=O) groups is 3. The van der Waals surface area contributed by atoms with Gasteiger partial charge in [0.1, 0.15) is 11.2 Å². The van der Waals surface area contributed by atoms with Crippen molar-refractivity contribution in [1.29, 1.82) is 0 Å². The van der Waals surface area contributed by atoms with Crippen LogP contribution in [-0.2, 0) is 10.3 Å². The standard InChI is InChI=1S/C28H21ClN2O4S/c1-35-17-9-6-15(7-10-17)23-22-13-36-14-31(22)28(20-12-16(29)8-11-21(20)30-26(28)34)27(23)24(32)18-4-2-3-5-19(18)25(27)33/h2-12,22-23H,13-14H2,1H3,(H,30,34)/t22-,23-,28-/m0/s1. The Bertz CT molecular complexity index is 1450. The zero-order chi connectivity index (χ0) is 24.8. The van der Waals surface area contributed by atoms with Crippen molar-refractivity contribution in [2.45, 2.75) is 17.5 Å². The topological polar surface area (TPSA) is 75.7 Å². The van der Waals surface area contributed by atoms with Gasteiger partial charge in [0.15, 0.2) is 17.1 Å². The average Bonchev–Trinajstić information content (AvgIpc) is 3.60. The van der Waals surface area contributed by atoms with Gasteiger partial charge in [-0.25, -0.2) is 0 Å². The van der Waals surface area contributed by atoms with Crippen LogP contribution in [0.2, 0.25) is 5.02 Å². The summed E-state index contributed by atoms with van der Waals surface area (Å²) in [6, 6.07) is 19.5. The van der Waals surface area contributed by atoms with Crippen LogP contribution < -0.4 is 10.1 Å². The van der Waals surface area contributed by atoms with Crippen LogP contribution in [0.5, 0.6) is 5.75 Å². The molecule has 3 aromatic rings. The molecule has 3 aliphatic heterocycles. The summed E-state index contributed by atoms with van der Waals surface area (Å²) in [4.78, 5) is 45.7. The summed E-state index contributed by atoms with van der Waals surface area (Å²) in [7, 11) is 1.60. The van der Waals surface area contributed by atoms with E-state index in [-0.39, 0.29) is 23.5 Å². The van der Waals surface area contributed by atoms with Crippen molar-refractivity contribution in [1.82, 2.24) is 4.90 Å². The number of thioether (sulfide) groups is 1. The van der Waals surface area contributed by atoms with E-state index in [2.05, 4.69) is 10.2 Å². The highest BCUT2D eigenvalue weighted by molar-refractivity contribution is 7.99. The van der Waals surface area contributed by atoms with Crippen LogP contribution >= 0.6 is 23.4 Å². The second-order valence-electron chi connectivity index (χ2n) is 9.65. The molecule has 8 heteroatoms. The van der Waals surface area contributed by atoms with E-state index in [0.717, 1.165) is 5.56 Å². The number of carbonyl (C=O) groups excluding carboxylic acids is 3. The number of ketones is 2. The van der Waals surface area contributed by atoms with E-state index < -0.39 is 16.9 Å². The molecule has 2 spiro atoms. The molecule has 180 valence electrons. The first kappa shape index (κ1) is 22.1. The minimum absolute atomic E-state index is 0.207. The maximum atomic E-state index is 14.7. The van der Waals surface area contributed by atoms with Crippen LogP contribution in [0.3, 0.4) is 0 Å². The van der Waals surface area contributed by atoms with E-state index in [0.29, 0.717) is 44.8 Å². The summed E-state index contributed by atoms with van der Waals surface area (Å²) in [5.41, 5.74) is -0.418. The summed E-state index contributed by atoms with van der Waals surface area (Å²) >= 11 is 8.18. The molecule has 0 bridgehead atoms. The highest BCUT2D eigenvalue weighted by Crippen LogP contribution is 2.70. The number of benzene rings is 3. The van der Waals surface area contributed by atoms with Gasteiger partial charge in [0.05, 0.1) is 7.11 Å². The second kappa shape index (κ2) is 7.44. The molecule has 3 heterocycles. The third-order valence-electron chi connectivity index (χ3n) is 8.33. The van der Waals surface area contributed by atoms with E-state index in [9.17, 15) is 14.4 Å². The molecule has 0 saturated carbocycles. The van der Waals surface area contributed by atoms with E-state index in [1.165, 1.54) is 0 Å². The fraction of sp³-hybridized carbons (Fsp3) is 0.250. The van der Waals surface area contributed by atoms with Crippen LogP contribution in [-0.4, -0.2) is 47.2 Å². The lowest BCUT2D eigenvalue weighted by molar-refractivity contribution is -0.129. The number of anilines is 1. The highest BCUT2D eigenvalue weighted by atomic mass is 35.5. The van der Waals surface area contributed by atoms with E-state index in [1.54, 1.807) is 61.3 Å². The zero-order valence-electron chi connectivity index (χ0n) is 19.3. The molecule has 1 aliphatic carbocycles. The first-order valence-electron chi connectivity index (χ1n) is 11.7. The van der Waals surface area contributed by atoms with Crippen LogP contribution in [0.25, 0.3) is 0 Å². The van der Waals surface area contributed by atoms with Crippen molar-refractivity contribution >= 4 is 46.5 Å². The maximum absolute atomic E-state index is 14.7. The number of methoxy groups -OCH3 is 1. The Hall–Kier alpha value is -3.13. The van der Waals surface area contributed by atoms with Crippen molar-refractivity contribution in [3.05, 3.63) is 94.0 Å². The number of halogens is 1. The number of Topliss-reactive ketones (excluding diaryl/α,β-unsaturated/α-hetero) is 2. The monoisotopic (exact) mass is 516 g/mol. The van der Waals surface area contributed by atoms with Crippen LogP contribution in [0.4, 0.5) is 5.69 Å². The Morgan fingerprint density at radius 2 is 1.69 bits per heavy atom. The predicted molar refractivity (Wildman–Crippen MR) is 138 cm³/mol. The number of rotatable bonds is 2. The summed E-state index contributed by atoms with van der Waals surface area (Å²) in [5, 5.41) is 3.46. The molecule has 2 fully saturated rings. The molecule has 1 amide bonds. The number of fused-ring (bicyclic) bond motifs is 6. The molecular weight excluding hydrogens is 496 g/mol. The van der Waals surface area contributed by atoms with Crippen molar-refractivity contribution in [3.8, 4) is 5.75 Å². The van der Waals surface area contributed by atoms with Gasteiger partial charge in [0.2, 0.25) is 0 Å². The number of hydrogen-bond acceptors (Lipinski definition) is 6. The van der Waals surface area contributed by atoms with Crippen molar-refractivity contribution in [2.24, 2.45) is 5.41 Å². The van der Waals surface area contributed by atoms with E-state index in [4.69, 9.17) is 16.3 Å². The molecule has 0 radical (unpaired) electrons. The van der Waals surface area contributed by atoms with Gasteiger partial charge < -0.3 is 10.1 Å². The van der Waals surface area contributed by atoms with Crippen LogP contribution in [0, 0.1) is 5.41 Å². The maximum Gasteiger partial charge on any atom is 0.251 e. The number of ether oxygens (including phenoxy) is 1. The number of hydrogen-bond donors (Lipinski definition) is 1. The zero-order valence-corrected chi connectivity index (χ0v) is 20.9. The normalized spacial score (nSPS) is 27.4. The Balaban J connectivity index is 1.60. The molecule has 6 nitrogen and oxygen atoms in total. The van der Waals surface area contributed by atoms with Gasteiger partial charge in [0, 0.05) is 51.0 Å². The summed E-state index contributed by atoms with van der Waals surface area (Å²) in [5.74, 6) is 0.411. The fourth-order valence-corrected chi connectivity index (χ4v) is 8.53. The third-order valence-corrected chi connectivity index (χ3v) is 9.60. The quantitative estimate of drug-likeness (QED) is 0.496. The first-order chi connectivity index (χ1) is 17.5. The number of amides is 1. The molecule has 7 rings (SSSR count). The lowest BCUT2D eigenvalue weighted by atomic mass is 9.57. The molecule has 1 N–H and O–H groups in total. The van der Waals surface area contributed by atoms with Crippen molar-refractivity contribution < 1.29 is 19.1 Å². The Morgan fingerprint density at radius 1 is 1.00 bits per heavy atom. The van der Waals surface area contributed by atoms with E-state index in [1.807, 2.05) is 24.3 Å². The number of nitrogens with one attached hydrogen (secondary N) is 1. The van der Waals surface area contributed by atoms with Crippen molar-refractivity contribution in [2.75, 3.05) is 24.1 Å². The van der Waals surface area contributed by atoms with Gasteiger partial charge in [-0.15, -0.1) is 11.8 Å². The SMILES string of the molecule is COc1ccc([C@H]2[C@@H]3CSCN3[C@@]3(C(=O)Nc4ccc(Cl)cc43)C23C(=O)c2ccccc2C3=O)cc1. The van der Waals surface area contributed by atoms with Gasteiger partial charge in [0.25, 0.3) is 5.91 Å². The molecule has 36 heavy (non-hydrogen) atoms. The molecule has 0 unspecified atom stereocenters. The predicted octanol–water partition coefficient (Wildman–Crippen LogP) is 4.73. The van der Waals surface area contributed by atoms with E-state index >= 15 is 0 Å². The van der Waals surface area contributed by atoms with Gasteiger partial charge >= 0.3 is 0 Å². The second-order valence-corrected chi connectivity index (χ2v) is 11.1. The lowest BCUT2D eigenvalue weighted by Gasteiger charge is -2.42. The molecular formula is C28H21ClN2O4S. The third kappa shape index (κ3) is 2.37. The van der Waals surface area contributed by atoms with Gasteiger partial charge in [-0.05, 0) is 35.9 Å². The average molecular weight is 517 g/mol. The molecule has 4 aliphatic rings. The molecule has 3 aromatic carbocycles. The van der Waals surface area contributed by atoms with Crippen molar-refractivity contribution in [3.63, 3.8) is 0 Å². The molecule has 2 saturated heterocycles. The Morgan fingerprint density at radius 3 is 2.36 bits per heavy atom. The smallest absolute Gasteiger partial charge is 0.251 e. The fourth-order valence-electron chi connectivity index (χ4n) is 7.06. The lowest BCUT2D eigenvalue weighted by Crippen LogP contribution is -2.60. The van der Waals surface area contributed by atoms with Gasteiger partial charge in [-0.3, -0.25) is 19.3 Å². The summed E-state index contributed by atoms with van der Waals surface area (Å²) in [6.07, 6.45) is 0. The first-order valence-corrected chi connectivity index (χ1v) is 13.3. The Labute approximate surface area is 217 Å². The van der Waals surface area contributed by atoms with Crippen LogP contribution in [0.1, 0.15) is 37.8 Å². The summed E-state index contributed by atoms with van der Waals surface area (Å²) in [6.45, 7) is 0. The highest BCUT2D eigenvalue weighted by Gasteiger charge is 2.82. The van der Waals surface area contributed by atoms with Crippen LogP contribution in [0.15, 0.2) is 66.7 Å². The minimum Gasteiger partial charge on any atom is -0.497 e.